The summed E-state index contributed by atoms with van der Waals surface area (Å²) in [5.74, 6) is 2.01. The Bertz CT molecular complexity index is 432. The summed E-state index contributed by atoms with van der Waals surface area (Å²) in [6.07, 6.45) is 1.15. The quantitative estimate of drug-likeness (QED) is 0.923. The zero-order valence-corrected chi connectivity index (χ0v) is 12.8. The summed E-state index contributed by atoms with van der Waals surface area (Å²) < 4.78 is 13.1. The third-order valence-corrected chi connectivity index (χ3v) is 5.84. The van der Waals surface area contributed by atoms with E-state index in [0.29, 0.717) is 6.54 Å². The van der Waals surface area contributed by atoms with Crippen LogP contribution in [0.5, 0.6) is 0 Å². The Morgan fingerprint density at radius 2 is 1.95 bits per heavy atom. The summed E-state index contributed by atoms with van der Waals surface area (Å²) in [6.45, 7) is 5.19. The van der Waals surface area contributed by atoms with E-state index >= 15 is 0 Å². The Morgan fingerprint density at radius 1 is 1.32 bits per heavy atom. The molecule has 1 heterocycles. The molecule has 1 aromatic rings. The highest BCUT2D eigenvalue weighted by Crippen LogP contribution is 2.46. The molecule has 0 radical (unpaired) electrons. The van der Waals surface area contributed by atoms with Crippen molar-refractivity contribution in [3.05, 3.63) is 30.1 Å². The van der Waals surface area contributed by atoms with Crippen molar-refractivity contribution in [2.45, 2.75) is 25.8 Å². The fourth-order valence-corrected chi connectivity index (χ4v) is 4.77. The van der Waals surface area contributed by atoms with Gasteiger partial charge in [-0.2, -0.15) is 11.8 Å². The first-order valence-electron chi connectivity index (χ1n) is 6.70. The van der Waals surface area contributed by atoms with Crippen molar-refractivity contribution in [2.75, 3.05) is 30.0 Å². The molecule has 1 atom stereocenters. The number of hydrogen-bond donors (Lipinski definition) is 1. The molecule has 1 fully saturated rings. The second kappa shape index (κ2) is 5.33. The second-order valence-electron chi connectivity index (χ2n) is 5.96. The van der Waals surface area contributed by atoms with E-state index in [-0.39, 0.29) is 16.8 Å². The van der Waals surface area contributed by atoms with Crippen molar-refractivity contribution in [1.29, 1.82) is 0 Å². The van der Waals surface area contributed by atoms with Crippen molar-refractivity contribution in [3.8, 4) is 0 Å². The van der Waals surface area contributed by atoms with Gasteiger partial charge in [-0.1, -0.05) is 13.8 Å². The van der Waals surface area contributed by atoms with Crippen LogP contribution in [0, 0.1) is 11.2 Å². The first kappa shape index (κ1) is 14.7. The maximum Gasteiger partial charge on any atom is 0.123 e. The minimum atomic E-state index is -0.198. The van der Waals surface area contributed by atoms with E-state index < -0.39 is 0 Å². The Labute approximate surface area is 119 Å². The molecule has 0 amide bonds. The minimum Gasteiger partial charge on any atom is -0.366 e. The number of benzene rings is 1. The molecule has 2 nitrogen and oxygen atoms in total. The van der Waals surface area contributed by atoms with Gasteiger partial charge in [-0.05, 0) is 41.9 Å². The minimum absolute atomic E-state index is 0.0756. The van der Waals surface area contributed by atoms with Crippen LogP contribution in [-0.2, 0) is 0 Å². The lowest BCUT2D eigenvalue weighted by Crippen LogP contribution is -2.65. The van der Waals surface area contributed by atoms with Gasteiger partial charge in [0, 0.05) is 25.0 Å². The van der Waals surface area contributed by atoms with Crippen LogP contribution in [0.3, 0.4) is 0 Å². The normalized spacial score (nSPS) is 26.2. The fraction of sp³-hybridized carbons (Fsp3) is 0.600. The average molecular weight is 282 g/mol. The molecule has 0 bridgehead atoms. The number of likely N-dealkylation sites (N-methyl/N-ethyl adjacent to an activating group) is 1. The van der Waals surface area contributed by atoms with E-state index in [1.807, 2.05) is 23.9 Å². The van der Waals surface area contributed by atoms with Gasteiger partial charge in [-0.3, -0.25) is 0 Å². The maximum atomic E-state index is 13.1. The van der Waals surface area contributed by atoms with E-state index in [2.05, 4.69) is 25.8 Å². The highest BCUT2D eigenvalue weighted by Gasteiger charge is 2.49. The molecular weight excluding hydrogens is 259 g/mol. The zero-order valence-electron chi connectivity index (χ0n) is 11.9. The van der Waals surface area contributed by atoms with E-state index in [9.17, 15) is 4.39 Å². The van der Waals surface area contributed by atoms with Gasteiger partial charge in [0.25, 0.3) is 0 Å². The molecule has 1 unspecified atom stereocenters. The monoisotopic (exact) mass is 282 g/mol. The summed E-state index contributed by atoms with van der Waals surface area (Å²) in [7, 11) is 2.08. The smallest absolute Gasteiger partial charge is 0.123 e. The molecule has 19 heavy (non-hydrogen) atoms. The summed E-state index contributed by atoms with van der Waals surface area (Å²) in [5.41, 5.74) is 7.26. The van der Waals surface area contributed by atoms with Crippen LogP contribution in [-0.4, -0.2) is 30.6 Å². The van der Waals surface area contributed by atoms with Gasteiger partial charge in [0.2, 0.25) is 0 Å². The van der Waals surface area contributed by atoms with Gasteiger partial charge in [-0.25, -0.2) is 4.39 Å². The summed E-state index contributed by atoms with van der Waals surface area (Å²) in [6, 6.07) is 6.70. The SMILES string of the molecule is CN(c1ccc(F)cc1)C1(CN)CSCCC1(C)C. The molecule has 1 aliphatic rings. The van der Waals surface area contributed by atoms with Crippen molar-refractivity contribution >= 4 is 17.4 Å². The Hall–Kier alpha value is -0.740. The maximum absolute atomic E-state index is 13.1. The number of nitrogens with zero attached hydrogens (tertiary/aromatic N) is 1. The summed E-state index contributed by atoms with van der Waals surface area (Å²) in [4.78, 5) is 2.25. The van der Waals surface area contributed by atoms with Crippen LogP contribution < -0.4 is 10.6 Å². The fourth-order valence-electron chi connectivity index (χ4n) is 2.93. The van der Waals surface area contributed by atoms with Gasteiger partial charge < -0.3 is 10.6 Å². The predicted molar refractivity (Wildman–Crippen MR) is 82.3 cm³/mol. The molecule has 1 saturated heterocycles. The van der Waals surface area contributed by atoms with Gasteiger partial charge in [0.1, 0.15) is 5.82 Å². The highest BCUT2D eigenvalue weighted by atomic mass is 32.2. The van der Waals surface area contributed by atoms with E-state index in [0.717, 1.165) is 17.9 Å². The highest BCUT2D eigenvalue weighted by molar-refractivity contribution is 7.99. The van der Waals surface area contributed by atoms with Crippen molar-refractivity contribution < 1.29 is 4.39 Å². The van der Waals surface area contributed by atoms with Crippen molar-refractivity contribution in [2.24, 2.45) is 11.1 Å². The number of halogens is 1. The largest absolute Gasteiger partial charge is 0.366 e. The Morgan fingerprint density at radius 3 is 2.47 bits per heavy atom. The number of rotatable bonds is 3. The third kappa shape index (κ3) is 2.48. The number of nitrogens with two attached hydrogens (primary N) is 1. The lowest BCUT2D eigenvalue weighted by Gasteiger charge is -2.55. The number of anilines is 1. The molecular formula is C15H23FN2S. The second-order valence-corrected chi connectivity index (χ2v) is 7.06. The van der Waals surface area contributed by atoms with Crippen LogP contribution in [0.25, 0.3) is 0 Å². The molecule has 1 aromatic carbocycles. The summed E-state index contributed by atoms with van der Waals surface area (Å²) >= 11 is 1.96. The lowest BCUT2D eigenvalue weighted by molar-refractivity contribution is 0.175. The van der Waals surface area contributed by atoms with Gasteiger partial charge in [0.15, 0.2) is 0 Å². The van der Waals surface area contributed by atoms with E-state index in [4.69, 9.17) is 5.73 Å². The lowest BCUT2D eigenvalue weighted by atomic mass is 9.69. The molecule has 0 saturated carbocycles. The molecule has 0 aliphatic carbocycles. The van der Waals surface area contributed by atoms with E-state index in [1.165, 1.54) is 17.9 Å². The van der Waals surface area contributed by atoms with Crippen LogP contribution in [0.4, 0.5) is 10.1 Å². The first-order valence-corrected chi connectivity index (χ1v) is 7.86. The van der Waals surface area contributed by atoms with Gasteiger partial charge >= 0.3 is 0 Å². The molecule has 2 N–H and O–H groups in total. The van der Waals surface area contributed by atoms with E-state index in [1.54, 1.807) is 0 Å². The average Bonchev–Trinajstić information content (AvgIpc) is 2.39. The number of thioether (sulfide) groups is 1. The van der Waals surface area contributed by atoms with Crippen LogP contribution in [0.2, 0.25) is 0 Å². The Kier molecular flexibility index (Phi) is 4.11. The Balaban J connectivity index is 2.37. The standard InChI is InChI=1S/C15H23FN2S/c1-14(2)8-9-19-11-15(14,10-17)18(3)13-6-4-12(16)5-7-13/h4-7H,8-11,17H2,1-3H3. The van der Waals surface area contributed by atoms with Crippen LogP contribution in [0.1, 0.15) is 20.3 Å². The number of hydrogen-bond acceptors (Lipinski definition) is 3. The van der Waals surface area contributed by atoms with Crippen molar-refractivity contribution in [1.82, 2.24) is 0 Å². The van der Waals surface area contributed by atoms with Crippen LogP contribution >= 0.6 is 11.8 Å². The first-order chi connectivity index (χ1) is 8.93. The summed E-state index contributed by atoms with van der Waals surface area (Å²) in [5, 5.41) is 0. The molecule has 0 spiro atoms. The third-order valence-electron chi connectivity index (χ3n) is 4.67. The zero-order chi connectivity index (χ0) is 14.1. The molecule has 2 rings (SSSR count). The molecule has 4 heteroatoms. The molecule has 0 aromatic heterocycles. The van der Waals surface area contributed by atoms with Crippen molar-refractivity contribution in [3.63, 3.8) is 0 Å². The van der Waals surface area contributed by atoms with Crippen LogP contribution in [0.15, 0.2) is 24.3 Å². The van der Waals surface area contributed by atoms with Gasteiger partial charge in [0.05, 0.1) is 5.54 Å². The molecule has 1 aliphatic heterocycles. The topological polar surface area (TPSA) is 29.3 Å². The molecule has 106 valence electrons. The van der Waals surface area contributed by atoms with Gasteiger partial charge in [-0.15, -0.1) is 0 Å². The predicted octanol–water partition coefficient (Wildman–Crippen LogP) is 3.12.